The van der Waals surface area contributed by atoms with Crippen molar-refractivity contribution in [1.82, 2.24) is 10.1 Å². The number of thiophene rings is 1. The smallest absolute Gasteiger partial charge is 0.227 e. The summed E-state index contributed by atoms with van der Waals surface area (Å²) >= 11 is 7.55. The predicted molar refractivity (Wildman–Crippen MR) is 102 cm³/mol. The van der Waals surface area contributed by atoms with Crippen LogP contribution in [0.3, 0.4) is 0 Å². The van der Waals surface area contributed by atoms with Crippen molar-refractivity contribution >= 4 is 34.5 Å². The average Bonchev–Trinajstić information content (AvgIpc) is 3.30. The van der Waals surface area contributed by atoms with E-state index in [2.05, 4.69) is 15.5 Å². The highest BCUT2D eigenvalue weighted by Gasteiger charge is 2.13. The summed E-state index contributed by atoms with van der Waals surface area (Å²) in [6, 6.07) is 8.99. The van der Waals surface area contributed by atoms with Gasteiger partial charge in [0.05, 0.1) is 17.2 Å². The quantitative estimate of drug-likeness (QED) is 0.596. The lowest BCUT2D eigenvalue weighted by molar-refractivity contribution is -0.116. The van der Waals surface area contributed by atoms with Crippen molar-refractivity contribution in [3.63, 3.8) is 0 Å². The molecule has 0 fully saturated rings. The maximum Gasteiger partial charge on any atom is 0.227 e. The van der Waals surface area contributed by atoms with Crippen molar-refractivity contribution in [3.8, 4) is 16.5 Å². The number of carbonyl (C=O) groups is 1. The number of nitrogens with zero attached hydrogens (tertiary/aromatic N) is 2. The fraction of sp³-hybridized carbons (Fsp3) is 0.278. The van der Waals surface area contributed by atoms with E-state index in [0.717, 1.165) is 11.3 Å². The number of hydrogen-bond acceptors (Lipinski definition) is 6. The van der Waals surface area contributed by atoms with Gasteiger partial charge in [0.15, 0.2) is 0 Å². The Balaban J connectivity index is 1.58. The maximum atomic E-state index is 12.3. The highest BCUT2D eigenvalue weighted by molar-refractivity contribution is 7.13. The summed E-state index contributed by atoms with van der Waals surface area (Å²) in [6.07, 6.45) is 1.45. The second kappa shape index (κ2) is 8.82. The Labute approximate surface area is 160 Å². The van der Waals surface area contributed by atoms with E-state index in [1.54, 1.807) is 18.2 Å². The molecule has 0 unspecified atom stereocenters. The van der Waals surface area contributed by atoms with Crippen molar-refractivity contribution in [2.75, 3.05) is 11.9 Å². The largest absolute Gasteiger partial charge is 0.491 e. The first-order valence-electron chi connectivity index (χ1n) is 8.24. The molecule has 6 nitrogen and oxygen atoms in total. The molecule has 1 N–H and O–H groups in total. The second-order valence-corrected chi connectivity index (χ2v) is 6.91. The summed E-state index contributed by atoms with van der Waals surface area (Å²) in [5.74, 6) is 1.39. The Kier molecular flexibility index (Phi) is 6.25. The summed E-state index contributed by atoms with van der Waals surface area (Å²) in [7, 11) is 0. The zero-order chi connectivity index (χ0) is 18.4. The van der Waals surface area contributed by atoms with Crippen molar-refractivity contribution in [2.45, 2.75) is 26.2 Å². The Morgan fingerprint density at radius 2 is 2.27 bits per heavy atom. The van der Waals surface area contributed by atoms with Gasteiger partial charge < -0.3 is 14.6 Å². The molecule has 136 valence electrons. The molecule has 0 atom stereocenters. The minimum absolute atomic E-state index is 0.176. The van der Waals surface area contributed by atoms with Crippen LogP contribution in [0.25, 0.3) is 10.7 Å². The summed E-state index contributed by atoms with van der Waals surface area (Å²) in [6.45, 7) is 2.58. The molecule has 1 aromatic carbocycles. The normalized spacial score (nSPS) is 10.7. The van der Waals surface area contributed by atoms with E-state index in [9.17, 15) is 4.79 Å². The van der Waals surface area contributed by atoms with E-state index in [1.807, 2.05) is 24.4 Å². The van der Waals surface area contributed by atoms with Gasteiger partial charge in [0.1, 0.15) is 5.75 Å². The Bertz CT molecular complexity index is 864. The van der Waals surface area contributed by atoms with Crippen LogP contribution in [-0.2, 0) is 11.2 Å². The van der Waals surface area contributed by atoms with Gasteiger partial charge in [0.25, 0.3) is 0 Å². The average molecular weight is 392 g/mol. The van der Waals surface area contributed by atoms with Gasteiger partial charge in [-0.1, -0.05) is 29.7 Å². The summed E-state index contributed by atoms with van der Waals surface area (Å²) in [5.41, 5.74) is 0.556. The minimum Gasteiger partial charge on any atom is -0.491 e. The van der Waals surface area contributed by atoms with Gasteiger partial charge in [-0.15, -0.1) is 11.3 Å². The lowest BCUT2D eigenvalue weighted by Crippen LogP contribution is -2.13. The van der Waals surface area contributed by atoms with E-state index >= 15 is 0 Å². The molecule has 0 bridgehead atoms. The van der Waals surface area contributed by atoms with Gasteiger partial charge >= 0.3 is 0 Å². The molecule has 0 aliphatic carbocycles. The molecular weight excluding hydrogens is 374 g/mol. The fourth-order valence-corrected chi connectivity index (χ4v) is 3.05. The molecule has 0 radical (unpaired) electrons. The van der Waals surface area contributed by atoms with Crippen LogP contribution in [-0.4, -0.2) is 22.7 Å². The highest BCUT2D eigenvalue weighted by Crippen LogP contribution is 2.28. The number of benzene rings is 1. The molecule has 26 heavy (non-hydrogen) atoms. The van der Waals surface area contributed by atoms with Crippen molar-refractivity contribution in [2.24, 2.45) is 0 Å². The second-order valence-electron chi connectivity index (χ2n) is 5.53. The van der Waals surface area contributed by atoms with Crippen LogP contribution in [0.15, 0.2) is 40.2 Å². The van der Waals surface area contributed by atoms with Gasteiger partial charge in [-0.25, -0.2) is 0 Å². The molecule has 1 amide bonds. The third kappa shape index (κ3) is 4.83. The number of halogens is 1. The molecule has 0 saturated heterocycles. The molecule has 0 saturated carbocycles. The maximum absolute atomic E-state index is 12.3. The summed E-state index contributed by atoms with van der Waals surface area (Å²) < 4.78 is 10.8. The number of anilines is 1. The molecule has 2 aromatic heterocycles. The first-order valence-corrected chi connectivity index (χ1v) is 9.50. The standard InChI is InChI=1S/C18H18ClN3O3S/c1-2-9-24-14-6-5-12(19)11-13(14)20-16(23)7-8-17-21-18(22-25-17)15-4-3-10-26-15/h3-6,10-11H,2,7-9H2,1H3,(H,20,23). The van der Waals surface area contributed by atoms with Crippen LogP contribution in [0.4, 0.5) is 5.69 Å². The minimum atomic E-state index is -0.176. The predicted octanol–water partition coefficient (Wildman–Crippen LogP) is 4.81. The van der Waals surface area contributed by atoms with E-state index in [0.29, 0.717) is 41.2 Å². The molecular formula is C18H18ClN3O3S. The summed E-state index contributed by atoms with van der Waals surface area (Å²) in [5, 5.41) is 9.24. The summed E-state index contributed by atoms with van der Waals surface area (Å²) in [4.78, 5) is 17.5. The highest BCUT2D eigenvalue weighted by atomic mass is 35.5. The van der Waals surface area contributed by atoms with E-state index < -0.39 is 0 Å². The zero-order valence-corrected chi connectivity index (χ0v) is 15.8. The van der Waals surface area contributed by atoms with Crippen LogP contribution in [0.2, 0.25) is 5.02 Å². The number of aryl methyl sites for hydroxylation is 1. The van der Waals surface area contributed by atoms with Crippen LogP contribution in [0.1, 0.15) is 25.7 Å². The Morgan fingerprint density at radius 1 is 1.38 bits per heavy atom. The number of rotatable bonds is 8. The molecule has 3 aromatic rings. The molecule has 8 heteroatoms. The number of nitrogens with one attached hydrogen (secondary N) is 1. The molecule has 2 heterocycles. The third-order valence-electron chi connectivity index (χ3n) is 3.45. The monoisotopic (exact) mass is 391 g/mol. The van der Waals surface area contributed by atoms with Gasteiger partial charge in [-0.05, 0) is 36.1 Å². The number of aromatic nitrogens is 2. The zero-order valence-electron chi connectivity index (χ0n) is 14.2. The Hall–Kier alpha value is -2.38. The molecule has 0 spiro atoms. The van der Waals surface area contributed by atoms with E-state index in [1.165, 1.54) is 11.3 Å². The first kappa shape index (κ1) is 18.4. The number of ether oxygens (including phenoxy) is 1. The molecule has 0 aliphatic rings. The molecule has 3 rings (SSSR count). The number of carbonyl (C=O) groups excluding carboxylic acids is 1. The van der Waals surface area contributed by atoms with Crippen molar-refractivity contribution in [1.29, 1.82) is 0 Å². The van der Waals surface area contributed by atoms with Crippen molar-refractivity contribution < 1.29 is 14.1 Å². The fourth-order valence-electron chi connectivity index (χ4n) is 2.23. The van der Waals surface area contributed by atoms with Crippen molar-refractivity contribution in [3.05, 3.63) is 46.6 Å². The van der Waals surface area contributed by atoms with Gasteiger partial charge in [0.2, 0.25) is 17.6 Å². The van der Waals surface area contributed by atoms with E-state index in [4.69, 9.17) is 20.9 Å². The lowest BCUT2D eigenvalue weighted by Gasteiger charge is -2.12. The number of amides is 1. The van der Waals surface area contributed by atoms with Crippen LogP contribution in [0.5, 0.6) is 5.75 Å². The Morgan fingerprint density at radius 3 is 3.04 bits per heavy atom. The van der Waals surface area contributed by atoms with Crippen LogP contribution < -0.4 is 10.1 Å². The topological polar surface area (TPSA) is 77.2 Å². The molecule has 0 aliphatic heterocycles. The van der Waals surface area contributed by atoms with Gasteiger partial charge in [-0.2, -0.15) is 4.98 Å². The SMILES string of the molecule is CCCOc1ccc(Cl)cc1NC(=O)CCc1nc(-c2cccs2)no1. The third-order valence-corrected chi connectivity index (χ3v) is 4.55. The lowest BCUT2D eigenvalue weighted by atomic mass is 10.2. The van der Waals surface area contributed by atoms with Gasteiger partial charge in [0, 0.05) is 17.9 Å². The first-order chi connectivity index (χ1) is 12.7. The number of hydrogen-bond donors (Lipinski definition) is 1. The van der Waals surface area contributed by atoms with Crippen LogP contribution >= 0.6 is 22.9 Å². The van der Waals surface area contributed by atoms with Crippen LogP contribution in [0, 0.1) is 0 Å². The van der Waals surface area contributed by atoms with E-state index in [-0.39, 0.29) is 12.3 Å². The van der Waals surface area contributed by atoms with Gasteiger partial charge in [-0.3, -0.25) is 4.79 Å².